The van der Waals surface area contributed by atoms with E-state index in [0.29, 0.717) is 18.7 Å². The summed E-state index contributed by atoms with van der Waals surface area (Å²) in [4.78, 5) is 2.38. The number of likely N-dealkylation sites (N-methyl/N-ethyl adjacent to an activating group) is 1. The van der Waals surface area contributed by atoms with Crippen molar-refractivity contribution in [2.24, 2.45) is 0 Å². The zero-order valence-corrected chi connectivity index (χ0v) is 10.8. The van der Waals surface area contributed by atoms with Crippen LogP contribution in [0.2, 0.25) is 0 Å². The van der Waals surface area contributed by atoms with Gasteiger partial charge in [-0.05, 0) is 40.2 Å². The topological polar surface area (TPSA) is 35.5 Å². The summed E-state index contributed by atoms with van der Waals surface area (Å²) in [5, 5.41) is 12.2. The van der Waals surface area contributed by atoms with Gasteiger partial charge in [-0.2, -0.15) is 0 Å². The molecule has 0 aromatic carbocycles. The van der Waals surface area contributed by atoms with E-state index >= 15 is 0 Å². The molecule has 0 rings (SSSR count). The SMILES string of the molecule is CCC(C)N(C)CCNC(C)CCCO. The molecule has 0 spiro atoms. The highest BCUT2D eigenvalue weighted by atomic mass is 16.2. The fourth-order valence-electron chi connectivity index (χ4n) is 1.52. The lowest BCUT2D eigenvalue weighted by atomic mass is 10.2. The summed E-state index contributed by atoms with van der Waals surface area (Å²) in [5.41, 5.74) is 0. The monoisotopic (exact) mass is 216 g/mol. The van der Waals surface area contributed by atoms with Crippen molar-refractivity contribution in [1.82, 2.24) is 10.2 Å². The molecule has 0 saturated heterocycles. The van der Waals surface area contributed by atoms with Crippen LogP contribution in [-0.2, 0) is 0 Å². The molecule has 3 heteroatoms. The van der Waals surface area contributed by atoms with Crippen molar-refractivity contribution in [1.29, 1.82) is 0 Å². The van der Waals surface area contributed by atoms with Gasteiger partial charge < -0.3 is 15.3 Å². The average Bonchev–Trinajstić information content (AvgIpc) is 2.24. The van der Waals surface area contributed by atoms with Gasteiger partial charge in [0.15, 0.2) is 0 Å². The molecule has 2 N–H and O–H groups in total. The molecule has 15 heavy (non-hydrogen) atoms. The number of rotatable bonds is 9. The Morgan fingerprint density at radius 1 is 1.33 bits per heavy atom. The predicted molar refractivity (Wildman–Crippen MR) is 66.2 cm³/mol. The highest BCUT2D eigenvalue weighted by molar-refractivity contribution is 4.65. The minimum absolute atomic E-state index is 0.304. The van der Waals surface area contributed by atoms with E-state index in [4.69, 9.17) is 5.11 Å². The first-order valence-electron chi connectivity index (χ1n) is 6.16. The van der Waals surface area contributed by atoms with Crippen LogP contribution in [0.15, 0.2) is 0 Å². The maximum absolute atomic E-state index is 8.70. The van der Waals surface area contributed by atoms with Crippen LogP contribution in [0.1, 0.15) is 40.0 Å². The summed E-state index contributed by atoms with van der Waals surface area (Å²) in [6.07, 6.45) is 3.16. The number of aliphatic hydroxyl groups excluding tert-OH is 1. The maximum atomic E-state index is 8.70. The van der Waals surface area contributed by atoms with Crippen LogP contribution in [0.5, 0.6) is 0 Å². The van der Waals surface area contributed by atoms with Gasteiger partial charge in [0, 0.05) is 31.8 Å². The Morgan fingerprint density at radius 2 is 2.00 bits per heavy atom. The molecule has 0 fully saturated rings. The average molecular weight is 216 g/mol. The Hall–Kier alpha value is -0.120. The van der Waals surface area contributed by atoms with E-state index in [1.807, 2.05) is 0 Å². The first-order valence-corrected chi connectivity index (χ1v) is 6.16. The summed E-state index contributed by atoms with van der Waals surface area (Å²) in [7, 11) is 2.17. The Balaban J connectivity index is 3.43. The van der Waals surface area contributed by atoms with Gasteiger partial charge in [0.2, 0.25) is 0 Å². The van der Waals surface area contributed by atoms with E-state index in [0.717, 1.165) is 25.9 Å². The van der Waals surface area contributed by atoms with Crippen LogP contribution < -0.4 is 5.32 Å². The third-order valence-electron chi connectivity index (χ3n) is 3.10. The number of nitrogens with zero attached hydrogens (tertiary/aromatic N) is 1. The Labute approximate surface area is 94.9 Å². The second kappa shape index (κ2) is 9.13. The highest BCUT2D eigenvalue weighted by Gasteiger charge is 2.06. The van der Waals surface area contributed by atoms with Gasteiger partial charge in [-0.25, -0.2) is 0 Å². The molecule has 92 valence electrons. The Kier molecular flexibility index (Phi) is 9.06. The normalized spacial score (nSPS) is 15.6. The van der Waals surface area contributed by atoms with Crippen molar-refractivity contribution >= 4 is 0 Å². The number of nitrogens with one attached hydrogen (secondary N) is 1. The van der Waals surface area contributed by atoms with E-state index in [1.165, 1.54) is 6.42 Å². The molecular weight excluding hydrogens is 188 g/mol. The third-order valence-corrected chi connectivity index (χ3v) is 3.10. The van der Waals surface area contributed by atoms with Gasteiger partial charge in [-0.15, -0.1) is 0 Å². The number of aliphatic hydroxyl groups is 1. The first kappa shape index (κ1) is 14.9. The summed E-state index contributed by atoms with van der Waals surface area (Å²) in [6, 6.07) is 1.18. The van der Waals surface area contributed by atoms with Crippen molar-refractivity contribution in [2.75, 3.05) is 26.7 Å². The van der Waals surface area contributed by atoms with Crippen LogP contribution in [0.4, 0.5) is 0 Å². The molecule has 0 aliphatic heterocycles. The van der Waals surface area contributed by atoms with Gasteiger partial charge in [0.05, 0.1) is 0 Å². The summed E-state index contributed by atoms with van der Waals surface area (Å²) in [6.45, 7) is 9.09. The second-order valence-electron chi connectivity index (χ2n) is 4.46. The van der Waals surface area contributed by atoms with Crippen LogP contribution in [-0.4, -0.2) is 48.8 Å². The fraction of sp³-hybridized carbons (Fsp3) is 1.00. The van der Waals surface area contributed by atoms with Crippen molar-refractivity contribution in [2.45, 2.75) is 52.1 Å². The van der Waals surface area contributed by atoms with E-state index < -0.39 is 0 Å². The smallest absolute Gasteiger partial charge is 0.0431 e. The summed E-state index contributed by atoms with van der Waals surface area (Å²) in [5.74, 6) is 0. The van der Waals surface area contributed by atoms with Crippen molar-refractivity contribution in [3.05, 3.63) is 0 Å². The summed E-state index contributed by atoms with van der Waals surface area (Å²) < 4.78 is 0. The van der Waals surface area contributed by atoms with Crippen molar-refractivity contribution in [3.8, 4) is 0 Å². The number of hydrogen-bond donors (Lipinski definition) is 2. The fourth-order valence-corrected chi connectivity index (χ4v) is 1.52. The van der Waals surface area contributed by atoms with Gasteiger partial charge in [-0.3, -0.25) is 0 Å². The van der Waals surface area contributed by atoms with E-state index in [9.17, 15) is 0 Å². The van der Waals surface area contributed by atoms with Crippen molar-refractivity contribution < 1.29 is 5.11 Å². The molecule has 0 aliphatic carbocycles. The second-order valence-corrected chi connectivity index (χ2v) is 4.46. The van der Waals surface area contributed by atoms with E-state index in [2.05, 4.69) is 38.0 Å². The van der Waals surface area contributed by atoms with Crippen LogP contribution in [0.3, 0.4) is 0 Å². The van der Waals surface area contributed by atoms with E-state index in [1.54, 1.807) is 0 Å². The van der Waals surface area contributed by atoms with Gasteiger partial charge in [-0.1, -0.05) is 6.92 Å². The van der Waals surface area contributed by atoms with Crippen LogP contribution >= 0.6 is 0 Å². The molecule has 2 atom stereocenters. The highest BCUT2D eigenvalue weighted by Crippen LogP contribution is 1.99. The molecule has 0 aromatic rings. The molecule has 2 unspecified atom stereocenters. The molecule has 0 heterocycles. The third kappa shape index (κ3) is 7.77. The molecule has 0 radical (unpaired) electrons. The zero-order valence-electron chi connectivity index (χ0n) is 10.8. The van der Waals surface area contributed by atoms with Gasteiger partial charge >= 0.3 is 0 Å². The molecule has 0 aromatic heterocycles. The largest absolute Gasteiger partial charge is 0.396 e. The van der Waals surface area contributed by atoms with Crippen molar-refractivity contribution in [3.63, 3.8) is 0 Å². The van der Waals surface area contributed by atoms with Crippen LogP contribution in [0.25, 0.3) is 0 Å². The lowest BCUT2D eigenvalue weighted by Crippen LogP contribution is -2.37. The van der Waals surface area contributed by atoms with Crippen LogP contribution in [0, 0.1) is 0 Å². The maximum Gasteiger partial charge on any atom is 0.0431 e. The van der Waals surface area contributed by atoms with E-state index in [-0.39, 0.29) is 0 Å². The molecule has 0 aliphatic rings. The molecule has 0 amide bonds. The Bertz CT molecular complexity index is 142. The standard InChI is InChI=1S/C12H28N2O/c1-5-12(3)14(4)9-8-13-11(2)7-6-10-15/h11-13,15H,5-10H2,1-4H3. The lowest BCUT2D eigenvalue weighted by Gasteiger charge is -2.24. The minimum Gasteiger partial charge on any atom is -0.396 e. The molecule has 3 nitrogen and oxygen atoms in total. The van der Waals surface area contributed by atoms with Gasteiger partial charge in [0.1, 0.15) is 0 Å². The molecule has 0 saturated carbocycles. The molecular formula is C12H28N2O. The zero-order chi connectivity index (χ0) is 11.7. The predicted octanol–water partition coefficient (Wildman–Crippen LogP) is 1.47. The summed E-state index contributed by atoms with van der Waals surface area (Å²) >= 11 is 0. The Morgan fingerprint density at radius 3 is 2.53 bits per heavy atom. The molecule has 0 bridgehead atoms. The number of hydrogen-bond acceptors (Lipinski definition) is 3. The minimum atomic E-state index is 0.304. The lowest BCUT2D eigenvalue weighted by molar-refractivity contribution is 0.244. The van der Waals surface area contributed by atoms with Gasteiger partial charge in [0.25, 0.3) is 0 Å². The first-order chi connectivity index (χ1) is 7.11. The quantitative estimate of drug-likeness (QED) is 0.612.